The van der Waals surface area contributed by atoms with Crippen LogP contribution in [0.3, 0.4) is 0 Å². The molecular weight excluding hydrogens is 532 g/mol. The predicted octanol–water partition coefficient (Wildman–Crippen LogP) is 6.87. The summed E-state index contributed by atoms with van der Waals surface area (Å²) in [4.78, 5) is 34.6. The number of ether oxygens (including phenoxy) is 2. The first-order chi connectivity index (χ1) is 17.2. The van der Waals surface area contributed by atoms with E-state index in [-0.39, 0.29) is 28.0 Å². The Balaban J connectivity index is 2.03. The van der Waals surface area contributed by atoms with E-state index in [0.717, 1.165) is 42.7 Å². The van der Waals surface area contributed by atoms with Crippen molar-refractivity contribution in [2.75, 3.05) is 7.11 Å². The summed E-state index contributed by atoms with van der Waals surface area (Å²) in [7, 11) is 1.12. The van der Waals surface area contributed by atoms with Crippen LogP contribution in [0.2, 0.25) is 0 Å². The number of carbonyl (C=O) groups is 2. The second-order valence-electron chi connectivity index (χ2n) is 7.14. The monoisotopic (exact) mass is 545 g/mol. The first-order valence-electron chi connectivity index (χ1n) is 9.85. The summed E-state index contributed by atoms with van der Waals surface area (Å²) < 4.78 is 88.7. The summed E-state index contributed by atoms with van der Waals surface area (Å²) in [6, 6.07) is 7.55. The lowest BCUT2D eigenvalue weighted by Crippen LogP contribution is -2.28. The van der Waals surface area contributed by atoms with E-state index in [1.54, 1.807) is 0 Å². The standard InChI is InChI=1S/C23H13F6NO6S/c1-35-18-10-12(9-14(21(32)23(27,28)29)20(31)19-3-2-8-37-19)4-6-17(18)36-16-7-5-13(22(24,25)26)11-15(16)30(33)34/h2-11H,1H3/b14-9-. The molecule has 37 heavy (non-hydrogen) atoms. The van der Waals surface area contributed by atoms with Crippen LogP contribution in [0.15, 0.2) is 59.5 Å². The minimum Gasteiger partial charge on any atom is -0.493 e. The van der Waals surface area contributed by atoms with E-state index in [1.807, 2.05) is 0 Å². The number of nitro benzene ring substituents is 1. The molecule has 0 atom stereocenters. The first kappa shape index (κ1) is 27.4. The van der Waals surface area contributed by atoms with Crippen LogP contribution in [-0.4, -0.2) is 29.8 Å². The number of rotatable bonds is 8. The van der Waals surface area contributed by atoms with Crippen LogP contribution in [0.5, 0.6) is 17.2 Å². The number of ketones is 2. The van der Waals surface area contributed by atoms with Gasteiger partial charge in [0.1, 0.15) is 0 Å². The van der Waals surface area contributed by atoms with Gasteiger partial charge < -0.3 is 9.47 Å². The Bertz CT molecular complexity index is 1380. The number of thiophene rings is 1. The van der Waals surface area contributed by atoms with E-state index < -0.39 is 51.4 Å². The highest BCUT2D eigenvalue weighted by Gasteiger charge is 2.43. The third-order valence-corrected chi connectivity index (χ3v) is 5.56. The molecule has 3 aromatic rings. The maximum Gasteiger partial charge on any atom is 0.455 e. The lowest BCUT2D eigenvalue weighted by molar-refractivity contribution is -0.385. The van der Waals surface area contributed by atoms with Gasteiger partial charge in [0.05, 0.1) is 28.0 Å². The van der Waals surface area contributed by atoms with Crippen LogP contribution in [0.1, 0.15) is 20.8 Å². The van der Waals surface area contributed by atoms with Gasteiger partial charge in [-0.25, -0.2) is 0 Å². The number of methoxy groups -OCH3 is 1. The van der Waals surface area contributed by atoms with Gasteiger partial charge >= 0.3 is 18.0 Å². The minimum atomic E-state index is -5.34. The Kier molecular flexibility index (Phi) is 7.71. The largest absolute Gasteiger partial charge is 0.493 e. The van der Waals surface area contributed by atoms with Crippen LogP contribution < -0.4 is 9.47 Å². The SMILES string of the molecule is COc1cc(/C=C(/C(=O)c2cccs2)C(=O)C(F)(F)F)ccc1Oc1ccc(C(F)(F)F)cc1[N+](=O)[O-]. The number of carbonyl (C=O) groups excluding carboxylic acids is 2. The number of Topliss-reactive ketones (excluding diaryl/α,β-unsaturated/α-hetero) is 2. The van der Waals surface area contributed by atoms with Crippen LogP contribution in [0, 0.1) is 10.1 Å². The second-order valence-corrected chi connectivity index (χ2v) is 8.09. The highest BCUT2D eigenvalue weighted by Crippen LogP contribution is 2.40. The molecule has 0 bridgehead atoms. The lowest BCUT2D eigenvalue weighted by Gasteiger charge is -2.13. The van der Waals surface area contributed by atoms with Crippen molar-refractivity contribution in [3.05, 3.63) is 85.6 Å². The van der Waals surface area contributed by atoms with Gasteiger partial charge in [0.15, 0.2) is 11.5 Å². The Morgan fingerprint density at radius 3 is 2.19 bits per heavy atom. The first-order valence-corrected chi connectivity index (χ1v) is 10.7. The van der Waals surface area contributed by atoms with Crippen molar-refractivity contribution in [1.29, 1.82) is 0 Å². The number of allylic oxidation sites excluding steroid dienone is 1. The average molecular weight is 545 g/mol. The van der Waals surface area contributed by atoms with E-state index in [0.29, 0.717) is 12.1 Å². The number of hydrogen-bond acceptors (Lipinski definition) is 7. The molecule has 0 amide bonds. The van der Waals surface area contributed by atoms with Gasteiger partial charge in [-0.1, -0.05) is 12.1 Å². The molecule has 0 N–H and O–H groups in total. The Hall–Kier alpha value is -4.20. The summed E-state index contributed by atoms with van der Waals surface area (Å²) >= 11 is 0.835. The molecular formula is C23H13F6NO6S. The van der Waals surface area contributed by atoms with Gasteiger partial charge in [-0.2, -0.15) is 26.3 Å². The Morgan fingerprint density at radius 1 is 0.973 bits per heavy atom. The maximum absolute atomic E-state index is 13.2. The molecule has 0 spiro atoms. The Morgan fingerprint density at radius 2 is 1.65 bits per heavy atom. The molecule has 2 aromatic carbocycles. The van der Waals surface area contributed by atoms with Gasteiger partial charge in [0.25, 0.3) is 5.78 Å². The zero-order chi connectivity index (χ0) is 27.5. The number of halogens is 6. The Labute approximate surface area is 207 Å². The van der Waals surface area contributed by atoms with E-state index in [1.165, 1.54) is 17.5 Å². The summed E-state index contributed by atoms with van der Waals surface area (Å²) in [6.45, 7) is 0. The predicted molar refractivity (Wildman–Crippen MR) is 119 cm³/mol. The van der Waals surface area contributed by atoms with Gasteiger partial charge in [-0.05, 0) is 47.4 Å². The molecule has 0 fully saturated rings. The van der Waals surface area contributed by atoms with Gasteiger partial charge in [0.2, 0.25) is 11.5 Å². The van der Waals surface area contributed by atoms with Crippen molar-refractivity contribution in [2.45, 2.75) is 12.4 Å². The van der Waals surface area contributed by atoms with Crippen molar-refractivity contribution < 1.29 is 50.3 Å². The minimum absolute atomic E-state index is 0.0939. The zero-order valence-electron chi connectivity index (χ0n) is 18.3. The molecule has 0 aliphatic heterocycles. The highest BCUT2D eigenvalue weighted by molar-refractivity contribution is 7.12. The van der Waals surface area contributed by atoms with Crippen molar-refractivity contribution in [3.8, 4) is 17.2 Å². The molecule has 0 aliphatic carbocycles. The summed E-state index contributed by atoms with van der Waals surface area (Å²) in [5.41, 5.74) is -3.54. The molecule has 0 radical (unpaired) electrons. The molecule has 0 saturated heterocycles. The van der Waals surface area contributed by atoms with Crippen LogP contribution in [0.4, 0.5) is 32.0 Å². The summed E-state index contributed by atoms with van der Waals surface area (Å²) in [5, 5.41) is 12.7. The fourth-order valence-corrected chi connectivity index (χ4v) is 3.67. The molecule has 3 rings (SSSR count). The van der Waals surface area contributed by atoms with E-state index in [9.17, 15) is 46.0 Å². The normalized spacial score (nSPS) is 12.2. The summed E-state index contributed by atoms with van der Waals surface area (Å²) in [6.07, 6.45) is -9.49. The third-order valence-electron chi connectivity index (χ3n) is 4.69. The molecule has 1 heterocycles. The van der Waals surface area contributed by atoms with Gasteiger partial charge in [-0.15, -0.1) is 11.3 Å². The molecule has 7 nitrogen and oxygen atoms in total. The molecule has 1 aromatic heterocycles. The van der Waals surface area contributed by atoms with Crippen molar-refractivity contribution in [1.82, 2.24) is 0 Å². The molecule has 0 aliphatic rings. The van der Waals surface area contributed by atoms with Crippen molar-refractivity contribution in [2.24, 2.45) is 0 Å². The van der Waals surface area contributed by atoms with Gasteiger partial charge in [-0.3, -0.25) is 19.7 Å². The number of benzene rings is 2. The molecule has 194 valence electrons. The average Bonchev–Trinajstić information content (AvgIpc) is 3.36. The summed E-state index contributed by atoms with van der Waals surface area (Å²) in [5.74, 6) is -4.54. The van der Waals surface area contributed by atoms with E-state index >= 15 is 0 Å². The van der Waals surface area contributed by atoms with Gasteiger partial charge in [0, 0.05) is 6.07 Å². The lowest BCUT2D eigenvalue weighted by atomic mass is 10.0. The molecule has 0 saturated carbocycles. The van der Waals surface area contributed by atoms with Crippen molar-refractivity contribution in [3.63, 3.8) is 0 Å². The van der Waals surface area contributed by atoms with Crippen molar-refractivity contribution >= 4 is 34.7 Å². The quantitative estimate of drug-likeness (QED) is 0.0583. The zero-order valence-corrected chi connectivity index (χ0v) is 19.2. The van der Waals surface area contributed by atoms with E-state index in [4.69, 9.17) is 9.47 Å². The number of hydrogen-bond donors (Lipinski definition) is 0. The van der Waals surface area contributed by atoms with Crippen LogP contribution in [-0.2, 0) is 11.0 Å². The molecule has 0 unspecified atom stereocenters. The number of nitrogens with zero attached hydrogens (tertiary/aromatic N) is 1. The fourth-order valence-electron chi connectivity index (χ4n) is 2.99. The maximum atomic E-state index is 13.2. The number of nitro groups is 1. The smallest absolute Gasteiger partial charge is 0.455 e. The molecule has 14 heteroatoms. The third kappa shape index (κ3) is 6.33. The fraction of sp³-hybridized carbons (Fsp3) is 0.130. The second kappa shape index (κ2) is 10.4. The number of alkyl halides is 6. The highest BCUT2D eigenvalue weighted by atomic mass is 32.1. The topological polar surface area (TPSA) is 95.7 Å². The van der Waals surface area contributed by atoms with Crippen LogP contribution >= 0.6 is 11.3 Å². The van der Waals surface area contributed by atoms with Crippen LogP contribution in [0.25, 0.3) is 6.08 Å². The van der Waals surface area contributed by atoms with E-state index in [2.05, 4.69) is 0 Å².